The lowest BCUT2D eigenvalue weighted by molar-refractivity contribution is 0.0690. The number of fused-ring (bicyclic) bond motifs is 1. The Labute approximate surface area is 116 Å². The molecule has 0 unspecified atom stereocenters. The Kier molecular flexibility index (Phi) is 4.05. The first-order valence-electron chi connectivity index (χ1n) is 6.37. The monoisotopic (exact) mass is 275 g/mol. The highest BCUT2D eigenvalue weighted by Crippen LogP contribution is 2.25. The molecule has 5 N–H and O–H groups in total. The molecule has 0 saturated heterocycles. The number of nitrogens with two attached hydrogens (primary N) is 1. The van der Waals surface area contributed by atoms with Crippen molar-refractivity contribution in [3.8, 4) is 0 Å². The Morgan fingerprint density at radius 2 is 2.15 bits per heavy atom. The van der Waals surface area contributed by atoms with Crippen LogP contribution < -0.4 is 11.1 Å². The molecule has 0 aliphatic heterocycles. The second-order valence-electron chi connectivity index (χ2n) is 4.62. The van der Waals surface area contributed by atoms with E-state index in [0.29, 0.717) is 23.1 Å². The number of H-pyrrole nitrogens is 1. The molecule has 0 spiro atoms. The van der Waals surface area contributed by atoms with Crippen molar-refractivity contribution in [1.82, 2.24) is 10.3 Å². The summed E-state index contributed by atoms with van der Waals surface area (Å²) in [5.41, 5.74) is 7.24. The molecule has 1 aromatic carbocycles. The Morgan fingerprint density at radius 1 is 1.40 bits per heavy atom. The standard InChI is InChI=1S/C14H17N3O3/c1-16-6-2-3-9-10-7-8(13(15)18)4-5-11(10)17-12(9)14(19)20/h4-5,7,16-17H,2-3,6H2,1H3,(H2,15,18)(H,19,20). The number of carboxylic acid groups (broad SMARTS) is 1. The molecule has 106 valence electrons. The molecule has 0 atom stereocenters. The summed E-state index contributed by atoms with van der Waals surface area (Å²) in [7, 11) is 1.85. The third-order valence-corrected chi connectivity index (χ3v) is 3.26. The molecule has 2 aromatic rings. The molecule has 0 aliphatic carbocycles. The highest BCUT2D eigenvalue weighted by atomic mass is 16.4. The van der Waals surface area contributed by atoms with Gasteiger partial charge in [-0.2, -0.15) is 0 Å². The van der Waals surface area contributed by atoms with Crippen LogP contribution in [-0.4, -0.2) is 35.6 Å². The number of primary amides is 1. The minimum Gasteiger partial charge on any atom is -0.477 e. The van der Waals surface area contributed by atoms with E-state index in [4.69, 9.17) is 5.73 Å². The molecule has 1 aromatic heterocycles. The van der Waals surface area contributed by atoms with Gasteiger partial charge >= 0.3 is 5.97 Å². The van der Waals surface area contributed by atoms with Crippen LogP contribution in [0.5, 0.6) is 0 Å². The summed E-state index contributed by atoms with van der Waals surface area (Å²) >= 11 is 0. The molecule has 0 saturated carbocycles. The number of nitrogens with one attached hydrogen (secondary N) is 2. The van der Waals surface area contributed by atoms with Crippen molar-refractivity contribution in [3.05, 3.63) is 35.0 Å². The SMILES string of the molecule is CNCCCc1c(C(=O)O)[nH]c2ccc(C(N)=O)cc12. The number of carbonyl (C=O) groups excluding carboxylic acids is 1. The van der Waals surface area contributed by atoms with Crippen molar-refractivity contribution < 1.29 is 14.7 Å². The quantitative estimate of drug-likeness (QED) is 0.592. The number of hydrogen-bond donors (Lipinski definition) is 4. The predicted molar refractivity (Wildman–Crippen MR) is 76.0 cm³/mol. The van der Waals surface area contributed by atoms with E-state index in [1.165, 1.54) is 0 Å². The maximum absolute atomic E-state index is 11.3. The van der Waals surface area contributed by atoms with Crippen molar-refractivity contribution in [2.75, 3.05) is 13.6 Å². The first kappa shape index (κ1) is 14.1. The number of aryl methyl sites for hydroxylation is 1. The van der Waals surface area contributed by atoms with Gasteiger partial charge in [0.25, 0.3) is 0 Å². The molecule has 0 aliphatic rings. The first-order chi connectivity index (χ1) is 9.54. The number of amides is 1. The lowest BCUT2D eigenvalue weighted by atomic mass is 10.0. The molecular weight excluding hydrogens is 258 g/mol. The van der Waals surface area contributed by atoms with Crippen molar-refractivity contribution in [3.63, 3.8) is 0 Å². The molecule has 6 heteroatoms. The van der Waals surface area contributed by atoms with Gasteiger partial charge in [0.15, 0.2) is 0 Å². The highest BCUT2D eigenvalue weighted by molar-refractivity contribution is 6.01. The van der Waals surface area contributed by atoms with E-state index in [1.54, 1.807) is 18.2 Å². The van der Waals surface area contributed by atoms with Crippen LogP contribution in [0.2, 0.25) is 0 Å². The van der Waals surface area contributed by atoms with Crippen LogP contribution in [0.15, 0.2) is 18.2 Å². The van der Waals surface area contributed by atoms with Gasteiger partial charge < -0.3 is 21.1 Å². The third kappa shape index (κ3) is 2.65. The van der Waals surface area contributed by atoms with E-state index in [9.17, 15) is 14.7 Å². The van der Waals surface area contributed by atoms with Gasteiger partial charge in [-0.25, -0.2) is 4.79 Å². The fraction of sp³-hybridized carbons (Fsp3) is 0.286. The third-order valence-electron chi connectivity index (χ3n) is 3.26. The largest absolute Gasteiger partial charge is 0.477 e. The van der Waals surface area contributed by atoms with Crippen molar-refractivity contribution in [1.29, 1.82) is 0 Å². The lowest BCUT2D eigenvalue weighted by Crippen LogP contribution is -2.11. The van der Waals surface area contributed by atoms with Gasteiger partial charge in [0.05, 0.1) is 0 Å². The first-order valence-corrected chi connectivity index (χ1v) is 6.37. The lowest BCUT2D eigenvalue weighted by Gasteiger charge is -2.02. The van der Waals surface area contributed by atoms with Crippen LogP contribution in [0.4, 0.5) is 0 Å². The Hall–Kier alpha value is -2.34. The Balaban J connectivity index is 2.52. The van der Waals surface area contributed by atoms with E-state index in [1.807, 2.05) is 7.05 Å². The van der Waals surface area contributed by atoms with Gasteiger partial charge in [-0.1, -0.05) is 0 Å². The number of aromatic nitrogens is 1. The molecule has 2 rings (SSSR count). The fourth-order valence-corrected chi connectivity index (χ4v) is 2.29. The fourth-order valence-electron chi connectivity index (χ4n) is 2.29. The Morgan fingerprint density at radius 3 is 2.75 bits per heavy atom. The normalized spacial score (nSPS) is 10.8. The summed E-state index contributed by atoms with van der Waals surface area (Å²) in [4.78, 5) is 25.4. The van der Waals surface area contributed by atoms with E-state index < -0.39 is 11.9 Å². The Bertz CT molecular complexity index is 661. The van der Waals surface area contributed by atoms with Crippen molar-refractivity contribution in [2.24, 2.45) is 5.73 Å². The zero-order valence-corrected chi connectivity index (χ0v) is 11.2. The maximum Gasteiger partial charge on any atom is 0.352 e. The van der Waals surface area contributed by atoms with Crippen molar-refractivity contribution in [2.45, 2.75) is 12.8 Å². The van der Waals surface area contributed by atoms with Gasteiger partial charge in [0.2, 0.25) is 5.91 Å². The van der Waals surface area contributed by atoms with Crippen molar-refractivity contribution >= 4 is 22.8 Å². The van der Waals surface area contributed by atoms with Gasteiger partial charge in [-0.3, -0.25) is 4.79 Å². The minimum absolute atomic E-state index is 0.178. The van der Waals surface area contributed by atoms with Crippen LogP contribution in [-0.2, 0) is 6.42 Å². The number of benzene rings is 1. The average Bonchev–Trinajstić information content (AvgIpc) is 2.77. The van der Waals surface area contributed by atoms with Crippen LogP contribution in [0.25, 0.3) is 10.9 Å². The van der Waals surface area contributed by atoms with E-state index >= 15 is 0 Å². The molecular formula is C14H17N3O3. The van der Waals surface area contributed by atoms with Gasteiger partial charge in [0.1, 0.15) is 5.69 Å². The number of carbonyl (C=O) groups is 2. The molecule has 6 nitrogen and oxygen atoms in total. The van der Waals surface area contributed by atoms with Crippen LogP contribution >= 0.6 is 0 Å². The van der Waals surface area contributed by atoms with Crippen LogP contribution in [0.1, 0.15) is 32.8 Å². The zero-order valence-electron chi connectivity index (χ0n) is 11.2. The smallest absolute Gasteiger partial charge is 0.352 e. The number of carboxylic acids is 1. The van der Waals surface area contributed by atoms with E-state index in [2.05, 4.69) is 10.3 Å². The zero-order chi connectivity index (χ0) is 14.7. The average molecular weight is 275 g/mol. The molecule has 1 heterocycles. The maximum atomic E-state index is 11.3. The molecule has 1 amide bonds. The van der Waals surface area contributed by atoms with Gasteiger partial charge in [-0.05, 0) is 50.2 Å². The number of hydrogen-bond acceptors (Lipinski definition) is 3. The van der Waals surface area contributed by atoms with Gasteiger partial charge in [0, 0.05) is 16.5 Å². The summed E-state index contributed by atoms with van der Waals surface area (Å²) in [6.45, 7) is 0.793. The molecule has 0 radical (unpaired) electrons. The summed E-state index contributed by atoms with van der Waals surface area (Å²) in [6.07, 6.45) is 1.43. The molecule has 0 bridgehead atoms. The second kappa shape index (κ2) is 5.75. The summed E-state index contributed by atoms with van der Waals surface area (Å²) < 4.78 is 0. The highest BCUT2D eigenvalue weighted by Gasteiger charge is 2.17. The molecule has 20 heavy (non-hydrogen) atoms. The predicted octanol–water partition coefficient (Wildman–Crippen LogP) is 1.12. The van der Waals surface area contributed by atoms with Gasteiger partial charge in [-0.15, -0.1) is 0 Å². The second-order valence-corrected chi connectivity index (χ2v) is 4.62. The van der Waals surface area contributed by atoms with E-state index in [-0.39, 0.29) is 5.69 Å². The minimum atomic E-state index is -0.999. The topological polar surface area (TPSA) is 108 Å². The molecule has 0 fully saturated rings. The summed E-state index contributed by atoms with van der Waals surface area (Å²) in [5.74, 6) is -1.52. The van der Waals surface area contributed by atoms with Crippen LogP contribution in [0.3, 0.4) is 0 Å². The summed E-state index contributed by atoms with van der Waals surface area (Å²) in [5, 5.41) is 13.0. The van der Waals surface area contributed by atoms with Crippen LogP contribution in [0, 0.1) is 0 Å². The van der Waals surface area contributed by atoms with E-state index in [0.717, 1.165) is 18.4 Å². The summed E-state index contributed by atoms with van der Waals surface area (Å²) in [6, 6.07) is 4.92. The number of rotatable bonds is 6. The number of aromatic carboxylic acids is 1. The number of aromatic amines is 1.